The lowest BCUT2D eigenvalue weighted by atomic mass is 9.73. The highest BCUT2D eigenvalue weighted by Crippen LogP contribution is 2.36. The van der Waals surface area contributed by atoms with Crippen molar-refractivity contribution >= 4 is 7.85 Å². The number of aliphatic hydroxyl groups is 2. The third kappa shape index (κ3) is 1.12. The summed E-state index contributed by atoms with van der Waals surface area (Å²) < 4.78 is 5.21. The molecule has 0 unspecified atom stereocenters. The van der Waals surface area contributed by atoms with E-state index in [2.05, 4.69) is 0 Å². The lowest BCUT2D eigenvalue weighted by Crippen LogP contribution is -2.38. The van der Waals surface area contributed by atoms with Crippen LogP contribution in [-0.2, 0) is 4.74 Å². The zero-order chi connectivity index (χ0) is 9.35. The molecule has 0 aliphatic carbocycles. The van der Waals surface area contributed by atoms with E-state index in [0.717, 1.165) is 0 Å². The van der Waals surface area contributed by atoms with E-state index in [4.69, 9.17) is 15.1 Å². The first-order valence-electron chi connectivity index (χ1n) is 3.92. The summed E-state index contributed by atoms with van der Waals surface area (Å²) in [5.74, 6) is 0. The highest BCUT2D eigenvalue weighted by Gasteiger charge is 2.50. The maximum atomic E-state index is 9.57. The van der Waals surface area contributed by atoms with E-state index < -0.39 is 17.6 Å². The SMILES string of the molecule is B[C@@H]1O[C@H](CO)[C@@H](O)[C@@]1(C)C#N. The molecule has 0 radical (unpaired) electrons. The Hall–Kier alpha value is -0.565. The lowest BCUT2D eigenvalue weighted by molar-refractivity contribution is -0.00604. The maximum Gasteiger partial charge on any atom is 0.141 e. The fourth-order valence-corrected chi connectivity index (χ4v) is 1.40. The van der Waals surface area contributed by atoms with Gasteiger partial charge in [0.1, 0.15) is 25.5 Å². The highest BCUT2D eigenvalue weighted by atomic mass is 16.5. The number of ether oxygens (including phenoxy) is 1. The second-order valence-corrected chi connectivity index (χ2v) is 3.34. The molecule has 0 aromatic carbocycles. The van der Waals surface area contributed by atoms with Crippen LogP contribution in [-0.4, -0.2) is 42.9 Å². The largest absolute Gasteiger partial charge is 0.394 e. The Bertz CT molecular complexity index is 217. The van der Waals surface area contributed by atoms with Gasteiger partial charge in [0.15, 0.2) is 0 Å². The molecule has 4 atom stereocenters. The Labute approximate surface area is 72.2 Å². The summed E-state index contributed by atoms with van der Waals surface area (Å²) in [4.78, 5) is 0. The van der Waals surface area contributed by atoms with Crippen LogP contribution in [0, 0.1) is 16.7 Å². The topological polar surface area (TPSA) is 73.5 Å². The van der Waals surface area contributed by atoms with Gasteiger partial charge in [-0.1, -0.05) is 0 Å². The van der Waals surface area contributed by atoms with E-state index in [1.54, 1.807) is 14.8 Å². The van der Waals surface area contributed by atoms with Crippen molar-refractivity contribution in [3.63, 3.8) is 0 Å². The van der Waals surface area contributed by atoms with Crippen molar-refractivity contribution in [1.29, 1.82) is 5.26 Å². The van der Waals surface area contributed by atoms with Gasteiger partial charge in [-0.2, -0.15) is 5.26 Å². The van der Waals surface area contributed by atoms with Crippen LogP contribution >= 0.6 is 0 Å². The van der Waals surface area contributed by atoms with Crippen LogP contribution < -0.4 is 0 Å². The highest BCUT2D eigenvalue weighted by molar-refractivity contribution is 6.12. The molecule has 1 aliphatic rings. The Morgan fingerprint density at radius 1 is 1.75 bits per heavy atom. The molecule has 66 valence electrons. The van der Waals surface area contributed by atoms with Crippen LogP contribution in [0.1, 0.15) is 6.92 Å². The van der Waals surface area contributed by atoms with Gasteiger partial charge in [-0.05, 0) is 6.92 Å². The number of hydrogen-bond donors (Lipinski definition) is 2. The minimum Gasteiger partial charge on any atom is -0.394 e. The number of aliphatic hydroxyl groups excluding tert-OH is 2. The molecule has 1 saturated heterocycles. The van der Waals surface area contributed by atoms with E-state index in [1.165, 1.54) is 0 Å². The molecule has 5 heteroatoms. The molecule has 0 amide bonds. The molecule has 12 heavy (non-hydrogen) atoms. The van der Waals surface area contributed by atoms with Crippen molar-refractivity contribution in [2.75, 3.05) is 6.61 Å². The van der Waals surface area contributed by atoms with Gasteiger partial charge >= 0.3 is 0 Å². The maximum absolute atomic E-state index is 9.57. The second-order valence-electron chi connectivity index (χ2n) is 3.34. The van der Waals surface area contributed by atoms with Crippen molar-refractivity contribution in [2.24, 2.45) is 5.41 Å². The molecular formula is C7H12BNO3. The fraction of sp³-hybridized carbons (Fsp3) is 0.857. The van der Waals surface area contributed by atoms with Gasteiger partial charge in [-0.15, -0.1) is 0 Å². The number of hydrogen-bond acceptors (Lipinski definition) is 4. The lowest BCUT2D eigenvalue weighted by Gasteiger charge is -2.22. The first kappa shape index (κ1) is 9.52. The zero-order valence-electron chi connectivity index (χ0n) is 7.19. The molecular weight excluding hydrogens is 157 g/mol. The Kier molecular flexibility index (Phi) is 2.42. The standard InChI is InChI=1S/C7H12BNO3/c1-7(3-9)5(11)4(2-10)12-6(7)8/h4-6,10-11H,2,8H2,1H3/t4-,5-,6-,7-/m1/s1. The summed E-state index contributed by atoms with van der Waals surface area (Å²) in [6.07, 6.45) is -1.52. The minimum atomic E-state index is -0.900. The van der Waals surface area contributed by atoms with Crippen molar-refractivity contribution < 1.29 is 14.9 Å². The Balaban J connectivity index is 2.85. The van der Waals surface area contributed by atoms with E-state index in [0.29, 0.717) is 0 Å². The van der Waals surface area contributed by atoms with Crippen molar-refractivity contribution in [2.45, 2.75) is 25.1 Å². The van der Waals surface area contributed by atoms with Crippen molar-refractivity contribution in [3.8, 4) is 6.07 Å². The molecule has 1 fully saturated rings. The molecule has 1 aliphatic heterocycles. The molecule has 2 N–H and O–H groups in total. The van der Waals surface area contributed by atoms with Gasteiger partial charge < -0.3 is 14.9 Å². The molecule has 0 aromatic heterocycles. The predicted molar refractivity (Wildman–Crippen MR) is 44.0 cm³/mol. The van der Waals surface area contributed by atoms with Gasteiger partial charge in [0.05, 0.1) is 12.7 Å². The number of nitriles is 1. The average Bonchev–Trinajstić information content (AvgIpc) is 2.30. The van der Waals surface area contributed by atoms with Crippen LogP contribution in [0.5, 0.6) is 0 Å². The van der Waals surface area contributed by atoms with Gasteiger partial charge in [0, 0.05) is 6.00 Å². The van der Waals surface area contributed by atoms with E-state index in [-0.39, 0.29) is 12.6 Å². The molecule has 0 saturated carbocycles. The first-order chi connectivity index (χ1) is 5.56. The third-order valence-electron chi connectivity index (χ3n) is 2.61. The number of nitrogens with zero attached hydrogens (tertiary/aromatic N) is 1. The van der Waals surface area contributed by atoms with Crippen LogP contribution in [0.4, 0.5) is 0 Å². The average molecular weight is 169 g/mol. The van der Waals surface area contributed by atoms with E-state index in [9.17, 15) is 5.11 Å². The first-order valence-corrected chi connectivity index (χ1v) is 3.92. The normalized spacial score (nSPS) is 47.3. The summed E-state index contributed by atoms with van der Waals surface area (Å²) >= 11 is 0. The molecule has 1 rings (SSSR count). The van der Waals surface area contributed by atoms with Gasteiger partial charge in [-0.25, -0.2) is 0 Å². The molecule has 0 bridgehead atoms. The molecule has 1 heterocycles. The summed E-state index contributed by atoms with van der Waals surface area (Å²) in [7, 11) is 1.72. The number of rotatable bonds is 1. The van der Waals surface area contributed by atoms with Crippen molar-refractivity contribution in [3.05, 3.63) is 0 Å². The summed E-state index contributed by atoms with van der Waals surface area (Å²) in [5.41, 5.74) is -0.895. The molecule has 0 spiro atoms. The van der Waals surface area contributed by atoms with Crippen molar-refractivity contribution in [1.82, 2.24) is 0 Å². The van der Waals surface area contributed by atoms with Gasteiger partial charge in [0.25, 0.3) is 0 Å². The summed E-state index contributed by atoms with van der Waals surface area (Å²) in [6.45, 7) is 1.39. The predicted octanol–water partition coefficient (Wildman–Crippen LogP) is -1.77. The van der Waals surface area contributed by atoms with Gasteiger partial charge in [-0.3, -0.25) is 0 Å². The molecule has 0 aromatic rings. The van der Waals surface area contributed by atoms with Crippen LogP contribution in [0.3, 0.4) is 0 Å². The van der Waals surface area contributed by atoms with E-state index >= 15 is 0 Å². The second kappa shape index (κ2) is 3.06. The van der Waals surface area contributed by atoms with Gasteiger partial charge in [0.2, 0.25) is 0 Å². The summed E-state index contributed by atoms with van der Waals surface area (Å²) in [5, 5.41) is 27.2. The van der Waals surface area contributed by atoms with Crippen LogP contribution in [0.25, 0.3) is 0 Å². The van der Waals surface area contributed by atoms with Crippen LogP contribution in [0.15, 0.2) is 0 Å². The Morgan fingerprint density at radius 2 is 2.33 bits per heavy atom. The monoisotopic (exact) mass is 169 g/mol. The zero-order valence-corrected chi connectivity index (χ0v) is 7.19. The minimum absolute atomic E-state index is 0.247. The molecule has 4 nitrogen and oxygen atoms in total. The van der Waals surface area contributed by atoms with E-state index in [1.807, 2.05) is 6.07 Å². The third-order valence-corrected chi connectivity index (χ3v) is 2.61. The smallest absolute Gasteiger partial charge is 0.141 e. The Morgan fingerprint density at radius 3 is 2.58 bits per heavy atom. The fourth-order valence-electron chi connectivity index (χ4n) is 1.40. The summed E-state index contributed by atoms with van der Waals surface area (Å²) in [6, 6.07) is 1.68. The quantitative estimate of drug-likeness (QED) is 0.455. The van der Waals surface area contributed by atoms with Crippen LogP contribution in [0.2, 0.25) is 0 Å².